The highest BCUT2D eigenvalue weighted by molar-refractivity contribution is 7.22. The summed E-state index contributed by atoms with van der Waals surface area (Å²) in [7, 11) is 1.70. The number of esters is 1. The molecular formula is C18H18N4O5S. The van der Waals surface area contributed by atoms with Gasteiger partial charge in [-0.25, -0.2) is 9.78 Å². The molecule has 1 amide bonds. The first-order chi connectivity index (χ1) is 13.2. The second-order valence-electron chi connectivity index (χ2n) is 6.10. The molecule has 0 atom stereocenters. The zero-order valence-electron chi connectivity index (χ0n) is 15.7. The van der Waals surface area contributed by atoms with Crippen LogP contribution in [-0.2, 0) is 11.8 Å². The van der Waals surface area contributed by atoms with Gasteiger partial charge >= 0.3 is 5.97 Å². The Morgan fingerprint density at radius 1 is 1.36 bits per heavy atom. The van der Waals surface area contributed by atoms with E-state index in [1.165, 1.54) is 18.2 Å². The van der Waals surface area contributed by atoms with Crippen LogP contribution in [0.15, 0.2) is 18.2 Å². The van der Waals surface area contributed by atoms with Crippen molar-refractivity contribution in [2.45, 2.75) is 20.8 Å². The summed E-state index contributed by atoms with van der Waals surface area (Å²) in [5.41, 5.74) is 2.35. The minimum absolute atomic E-state index is 0.0390. The van der Waals surface area contributed by atoms with Gasteiger partial charge in [-0.3, -0.25) is 20.2 Å². The van der Waals surface area contributed by atoms with Gasteiger partial charge in [-0.2, -0.15) is 0 Å². The molecule has 0 radical (unpaired) electrons. The number of nitrogens with one attached hydrogen (secondary N) is 1. The molecule has 0 unspecified atom stereocenters. The lowest BCUT2D eigenvalue weighted by molar-refractivity contribution is -0.384. The number of amides is 1. The summed E-state index contributed by atoms with van der Waals surface area (Å²) in [5, 5.41) is 13.9. The number of nitro groups is 1. The van der Waals surface area contributed by atoms with E-state index < -0.39 is 16.8 Å². The Kier molecular flexibility index (Phi) is 5.14. The molecule has 0 aliphatic heterocycles. The number of anilines is 1. The molecule has 0 bridgehead atoms. The van der Waals surface area contributed by atoms with Gasteiger partial charge in [-0.15, -0.1) is 0 Å². The maximum Gasteiger partial charge on any atom is 0.355 e. The third-order valence-electron chi connectivity index (χ3n) is 4.43. The van der Waals surface area contributed by atoms with Crippen molar-refractivity contribution >= 4 is 44.2 Å². The SMILES string of the molecule is CCOC(=O)c1c(C)c(C(=O)Nc2nc3ccc([N+](=O)[O-])cc3s2)c(C)n1C. The number of ether oxygens (including phenoxy) is 1. The number of nitrogens with zero attached hydrogens (tertiary/aromatic N) is 3. The smallest absolute Gasteiger partial charge is 0.355 e. The van der Waals surface area contributed by atoms with E-state index in [-0.39, 0.29) is 12.3 Å². The van der Waals surface area contributed by atoms with Crippen LogP contribution in [0.25, 0.3) is 10.2 Å². The van der Waals surface area contributed by atoms with Gasteiger partial charge in [0.2, 0.25) is 0 Å². The first kappa shape index (κ1) is 19.5. The fourth-order valence-corrected chi connectivity index (χ4v) is 3.93. The molecule has 1 N–H and O–H groups in total. The molecule has 0 fully saturated rings. The summed E-state index contributed by atoms with van der Waals surface area (Å²) in [5.74, 6) is -0.897. The van der Waals surface area contributed by atoms with Crippen molar-refractivity contribution in [1.29, 1.82) is 0 Å². The first-order valence-electron chi connectivity index (χ1n) is 8.43. The Hall–Kier alpha value is -3.27. The number of aromatic nitrogens is 2. The Morgan fingerprint density at radius 2 is 2.07 bits per heavy atom. The Bertz CT molecular complexity index is 1120. The number of hydrogen-bond donors (Lipinski definition) is 1. The summed E-state index contributed by atoms with van der Waals surface area (Å²) < 4.78 is 7.29. The standard InChI is InChI=1S/C18H18N4O5S/c1-5-27-17(24)15-9(2)14(10(3)21(15)4)16(23)20-18-19-12-7-6-11(22(25)26)8-13(12)28-18/h6-8H,5H2,1-4H3,(H,19,20,23). The van der Waals surface area contributed by atoms with Crippen LogP contribution in [0.2, 0.25) is 0 Å². The molecule has 28 heavy (non-hydrogen) atoms. The van der Waals surface area contributed by atoms with Crippen molar-refractivity contribution in [3.05, 3.63) is 50.8 Å². The molecular weight excluding hydrogens is 384 g/mol. The average Bonchev–Trinajstić information content (AvgIpc) is 3.12. The molecule has 0 saturated carbocycles. The lowest BCUT2D eigenvalue weighted by Crippen LogP contribution is -2.14. The number of carbonyl (C=O) groups is 2. The molecule has 146 valence electrons. The molecule has 0 aliphatic rings. The summed E-state index contributed by atoms with van der Waals surface area (Å²) in [4.78, 5) is 39.8. The zero-order chi connectivity index (χ0) is 20.6. The van der Waals surface area contributed by atoms with Crippen molar-refractivity contribution < 1.29 is 19.2 Å². The van der Waals surface area contributed by atoms with Crippen LogP contribution in [0.5, 0.6) is 0 Å². The first-order valence-corrected chi connectivity index (χ1v) is 9.25. The maximum atomic E-state index is 12.8. The molecule has 0 saturated heterocycles. The Morgan fingerprint density at radius 3 is 2.71 bits per heavy atom. The van der Waals surface area contributed by atoms with Crippen LogP contribution in [0.1, 0.15) is 39.0 Å². The molecule has 2 heterocycles. The molecule has 0 spiro atoms. The van der Waals surface area contributed by atoms with Gasteiger partial charge in [0.1, 0.15) is 5.69 Å². The van der Waals surface area contributed by atoms with Crippen LogP contribution in [0.4, 0.5) is 10.8 Å². The average molecular weight is 402 g/mol. The summed E-state index contributed by atoms with van der Waals surface area (Å²) >= 11 is 1.14. The normalized spacial score (nSPS) is 10.9. The van der Waals surface area contributed by atoms with Crippen molar-refractivity contribution in [3.63, 3.8) is 0 Å². The van der Waals surface area contributed by atoms with Crippen LogP contribution in [-0.4, -0.2) is 33.0 Å². The quantitative estimate of drug-likeness (QED) is 0.396. The molecule has 10 heteroatoms. The van der Waals surface area contributed by atoms with Crippen LogP contribution < -0.4 is 5.32 Å². The van der Waals surface area contributed by atoms with Crippen molar-refractivity contribution in [2.24, 2.45) is 7.05 Å². The second-order valence-corrected chi connectivity index (χ2v) is 7.13. The zero-order valence-corrected chi connectivity index (χ0v) is 16.5. The highest BCUT2D eigenvalue weighted by Crippen LogP contribution is 2.30. The number of thiazole rings is 1. The highest BCUT2D eigenvalue weighted by atomic mass is 32.1. The van der Waals surface area contributed by atoms with Gasteiger partial charge in [0.25, 0.3) is 11.6 Å². The monoisotopic (exact) mass is 402 g/mol. The second kappa shape index (κ2) is 7.39. The number of rotatable bonds is 5. The molecule has 2 aromatic heterocycles. The van der Waals surface area contributed by atoms with E-state index in [4.69, 9.17) is 4.74 Å². The summed E-state index contributed by atoms with van der Waals surface area (Å²) in [6, 6.07) is 4.32. The maximum absolute atomic E-state index is 12.8. The Labute approximate surface area is 164 Å². The van der Waals surface area contributed by atoms with E-state index in [2.05, 4.69) is 10.3 Å². The number of fused-ring (bicyclic) bond motifs is 1. The fourth-order valence-electron chi connectivity index (χ4n) is 3.04. The minimum atomic E-state index is -0.489. The van der Waals surface area contributed by atoms with E-state index in [1.807, 2.05) is 0 Å². The minimum Gasteiger partial charge on any atom is -0.461 e. The third kappa shape index (κ3) is 3.33. The molecule has 1 aromatic carbocycles. The van der Waals surface area contributed by atoms with Gasteiger partial charge in [-0.05, 0) is 32.4 Å². The van der Waals surface area contributed by atoms with E-state index in [9.17, 15) is 19.7 Å². The summed E-state index contributed by atoms with van der Waals surface area (Å²) in [6.07, 6.45) is 0. The lowest BCUT2D eigenvalue weighted by atomic mass is 10.1. The van der Waals surface area contributed by atoms with E-state index in [0.717, 1.165) is 11.3 Å². The molecule has 3 rings (SSSR count). The van der Waals surface area contributed by atoms with Gasteiger partial charge < -0.3 is 9.30 Å². The van der Waals surface area contributed by atoms with Crippen LogP contribution in [0.3, 0.4) is 0 Å². The van der Waals surface area contributed by atoms with Crippen molar-refractivity contribution in [2.75, 3.05) is 11.9 Å². The third-order valence-corrected chi connectivity index (χ3v) is 5.36. The molecule has 0 aliphatic carbocycles. The largest absolute Gasteiger partial charge is 0.461 e. The van der Waals surface area contributed by atoms with Gasteiger partial charge in [-0.1, -0.05) is 11.3 Å². The number of benzene rings is 1. The van der Waals surface area contributed by atoms with Crippen LogP contribution >= 0.6 is 11.3 Å². The topological polar surface area (TPSA) is 116 Å². The predicted octanol–water partition coefficient (Wildman–Crippen LogP) is 3.59. The highest BCUT2D eigenvalue weighted by Gasteiger charge is 2.26. The Balaban J connectivity index is 1.93. The molecule has 3 aromatic rings. The predicted molar refractivity (Wildman–Crippen MR) is 105 cm³/mol. The number of non-ortho nitro benzene ring substituents is 1. The van der Waals surface area contributed by atoms with Gasteiger partial charge in [0, 0.05) is 24.9 Å². The number of nitro benzene ring substituents is 1. The summed E-state index contributed by atoms with van der Waals surface area (Å²) in [6.45, 7) is 5.39. The van der Waals surface area contributed by atoms with Crippen molar-refractivity contribution in [3.8, 4) is 0 Å². The van der Waals surface area contributed by atoms with E-state index >= 15 is 0 Å². The molecule has 9 nitrogen and oxygen atoms in total. The van der Waals surface area contributed by atoms with E-state index in [0.29, 0.717) is 37.9 Å². The fraction of sp³-hybridized carbons (Fsp3) is 0.278. The van der Waals surface area contributed by atoms with Crippen LogP contribution in [0, 0.1) is 24.0 Å². The van der Waals surface area contributed by atoms with Gasteiger partial charge in [0.05, 0.1) is 27.3 Å². The lowest BCUT2D eigenvalue weighted by Gasteiger charge is -2.05. The van der Waals surface area contributed by atoms with E-state index in [1.54, 1.807) is 32.4 Å². The number of carbonyl (C=O) groups excluding carboxylic acids is 2. The van der Waals surface area contributed by atoms with Crippen molar-refractivity contribution in [1.82, 2.24) is 9.55 Å². The number of hydrogen-bond acceptors (Lipinski definition) is 7. The van der Waals surface area contributed by atoms with Gasteiger partial charge in [0.15, 0.2) is 5.13 Å².